The van der Waals surface area contributed by atoms with Crippen molar-refractivity contribution in [1.29, 1.82) is 0 Å². The van der Waals surface area contributed by atoms with E-state index in [0.29, 0.717) is 52.4 Å². The van der Waals surface area contributed by atoms with Gasteiger partial charge in [0.15, 0.2) is 5.82 Å². The summed E-state index contributed by atoms with van der Waals surface area (Å²) < 4.78 is 8.41. The number of morpholine rings is 1. The van der Waals surface area contributed by atoms with Crippen LogP contribution in [0.3, 0.4) is 0 Å². The molecule has 218 valence electrons. The first-order chi connectivity index (χ1) is 20.8. The first kappa shape index (κ1) is 28.1. The van der Waals surface area contributed by atoms with Gasteiger partial charge in [0.25, 0.3) is 11.5 Å². The van der Waals surface area contributed by atoms with Crippen molar-refractivity contribution in [3.63, 3.8) is 0 Å². The van der Waals surface area contributed by atoms with Gasteiger partial charge in [0.2, 0.25) is 0 Å². The molecule has 1 saturated heterocycles. The highest BCUT2D eigenvalue weighted by molar-refractivity contribution is 6.32. The molecule has 4 aromatic heterocycles. The normalized spacial score (nSPS) is 13.2. The number of hydrogen-bond acceptors (Lipinski definition) is 9. The molecule has 1 aliphatic heterocycles. The maximum Gasteiger partial charge on any atom is 0.284 e. The van der Waals surface area contributed by atoms with E-state index >= 15 is 0 Å². The van der Waals surface area contributed by atoms with Gasteiger partial charge in [-0.05, 0) is 43.3 Å². The summed E-state index contributed by atoms with van der Waals surface area (Å²) in [7, 11) is 1.70. The van der Waals surface area contributed by atoms with E-state index in [-0.39, 0.29) is 11.4 Å². The zero-order valence-electron chi connectivity index (χ0n) is 23.5. The average molecular weight is 598 g/mol. The molecule has 1 fully saturated rings. The van der Waals surface area contributed by atoms with E-state index in [0.717, 1.165) is 24.5 Å². The van der Waals surface area contributed by atoms with Crippen LogP contribution in [-0.2, 0) is 11.8 Å². The van der Waals surface area contributed by atoms with E-state index in [2.05, 4.69) is 25.2 Å². The molecular weight excluding hydrogens is 570 g/mol. The lowest BCUT2D eigenvalue weighted by Crippen LogP contribution is -2.36. The molecule has 1 aliphatic rings. The molecular formula is C30H28ClN9O3. The first-order valence-corrected chi connectivity index (χ1v) is 13.9. The molecule has 43 heavy (non-hydrogen) atoms. The summed E-state index contributed by atoms with van der Waals surface area (Å²) in [5.74, 6) is 0.496. The highest BCUT2D eigenvalue weighted by atomic mass is 35.5. The Morgan fingerprint density at radius 2 is 1.81 bits per heavy atom. The van der Waals surface area contributed by atoms with Gasteiger partial charge >= 0.3 is 0 Å². The molecule has 1 aromatic carbocycles. The van der Waals surface area contributed by atoms with Crippen LogP contribution in [0.4, 0.5) is 17.3 Å². The second-order valence-corrected chi connectivity index (χ2v) is 10.3. The highest BCUT2D eigenvalue weighted by Gasteiger charge is 2.23. The van der Waals surface area contributed by atoms with Crippen LogP contribution < -0.4 is 21.5 Å². The molecule has 0 unspecified atom stereocenters. The Kier molecular flexibility index (Phi) is 7.61. The second kappa shape index (κ2) is 11.7. The lowest BCUT2D eigenvalue weighted by atomic mass is 10.1. The van der Waals surface area contributed by atoms with Crippen LogP contribution in [0, 0.1) is 6.92 Å². The fourth-order valence-electron chi connectivity index (χ4n) is 4.94. The summed E-state index contributed by atoms with van der Waals surface area (Å²) >= 11 is 6.32. The minimum absolute atomic E-state index is 0.00288. The van der Waals surface area contributed by atoms with Gasteiger partial charge in [-0.15, -0.1) is 0 Å². The van der Waals surface area contributed by atoms with Crippen LogP contribution in [0.25, 0.3) is 28.3 Å². The fourth-order valence-corrected chi connectivity index (χ4v) is 5.15. The van der Waals surface area contributed by atoms with Crippen LogP contribution >= 0.6 is 11.6 Å². The van der Waals surface area contributed by atoms with Gasteiger partial charge in [-0.1, -0.05) is 23.7 Å². The van der Waals surface area contributed by atoms with Crippen molar-refractivity contribution in [2.24, 2.45) is 7.05 Å². The molecule has 0 saturated carbocycles. The van der Waals surface area contributed by atoms with Gasteiger partial charge in [-0.25, -0.2) is 19.6 Å². The number of nitrogens with one attached hydrogen (secondary N) is 1. The van der Waals surface area contributed by atoms with E-state index in [1.54, 1.807) is 67.4 Å². The smallest absolute Gasteiger partial charge is 0.284 e. The standard InChI is InChI=1S/C30H28ClN9O3/c1-18-26(30(42)40(38(18)2)24-6-4-3-5-21(24)31)29(41)36-20-7-8-22(34-16-20)27-28(32)35-17-23(37-27)19-9-10-33-25(15-19)39-11-13-43-14-12-39/h3-10,15-17H,11-14H2,1-2H3,(H2,32,35)(H,36,41). The number of carbonyl (C=O) groups is 1. The number of benzene rings is 1. The number of ether oxygens (including phenoxy) is 1. The van der Waals surface area contributed by atoms with Crippen molar-refractivity contribution >= 4 is 34.8 Å². The van der Waals surface area contributed by atoms with E-state index in [1.807, 2.05) is 12.1 Å². The number of rotatable bonds is 6. The molecule has 13 heteroatoms. The van der Waals surface area contributed by atoms with Crippen LogP contribution in [0.15, 0.2) is 71.9 Å². The van der Waals surface area contributed by atoms with E-state index in [1.165, 1.54) is 10.9 Å². The Morgan fingerprint density at radius 3 is 2.56 bits per heavy atom. The van der Waals surface area contributed by atoms with Crippen LogP contribution in [0.5, 0.6) is 0 Å². The number of nitrogens with zero attached hydrogens (tertiary/aromatic N) is 7. The molecule has 0 radical (unpaired) electrons. The number of pyridine rings is 2. The van der Waals surface area contributed by atoms with E-state index in [9.17, 15) is 9.59 Å². The SMILES string of the molecule is Cc1c(C(=O)Nc2ccc(-c3nc(-c4ccnc(N5CCOCC5)c4)cnc3N)nc2)c(=O)n(-c2ccccc2Cl)n1C. The molecule has 1 amide bonds. The molecule has 5 aromatic rings. The van der Waals surface area contributed by atoms with Gasteiger partial charge in [-0.3, -0.25) is 19.3 Å². The number of aromatic nitrogens is 6. The fraction of sp³-hybridized carbons (Fsp3) is 0.200. The number of nitrogens with two attached hydrogens (primary N) is 1. The third-order valence-electron chi connectivity index (χ3n) is 7.30. The second-order valence-electron chi connectivity index (χ2n) is 9.93. The lowest BCUT2D eigenvalue weighted by molar-refractivity contribution is 0.102. The van der Waals surface area contributed by atoms with Crippen molar-refractivity contribution in [3.8, 4) is 28.3 Å². The molecule has 6 rings (SSSR count). The predicted molar refractivity (Wildman–Crippen MR) is 165 cm³/mol. The summed E-state index contributed by atoms with van der Waals surface area (Å²) in [5.41, 5.74) is 9.41. The lowest BCUT2D eigenvalue weighted by Gasteiger charge is -2.27. The molecule has 0 aliphatic carbocycles. The van der Waals surface area contributed by atoms with Crippen molar-refractivity contribution in [3.05, 3.63) is 93.8 Å². The van der Waals surface area contributed by atoms with Gasteiger partial charge in [0, 0.05) is 31.9 Å². The molecule has 0 atom stereocenters. The maximum atomic E-state index is 13.3. The minimum Gasteiger partial charge on any atom is -0.382 e. The summed E-state index contributed by atoms with van der Waals surface area (Å²) in [6.45, 7) is 4.55. The van der Waals surface area contributed by atoms with Gasteiger partial charge < -0.3 is 20.7 Å². The summed E-state index contributed by atoms with van der Waals surface area (Å²) in [4.78, 5) is 46.8. The molecule has 5 heterocycles. The number of para-hydroxylation sites is 1. The van der Waals surface area contributed by atoms with Crippen LogP contribution in [0.2, 0.25) is 5.02 Å². The van der Waals surface area contributed by atoms with Crippen molar-refractivity contribution < 1.29 is 9.53 Å². The minimum atomic E-state index is -0.562. The van der Waals surface area contributed by atoms with E-state index in [4.69, 9.17) is 27.1 Å². The quantitative estimate of drug-likeness (QED) is 0.299. The first-order valence-electron chi connectivity index (χ1n) is 13.5. The largest absolute Gasteiger partial charge is 0.382 e. The third kappa shape index (κ3) is 5.45. The van der Waals surface area contributed by atoms with Crippen LogP contribution in [-0.4, -0.2) is 61.5 Å². The monoisotopic (exact) mass is 597 g/mol. The summed E-state index contributed by atoms with van der Waals surface area (Å²) in [5, 5.41) is 3.16. The maximum absolute atomic E-state index is 13.3. The molecule has 12 nitrogen and oxygen atoms in total. The highest BCUT2D eigenvalue weighted by Crippen LogP contribution is 2.27. The predicted octanol–water partition coefficient (Wildman–Crippen LogP) is 3.72. The number of halogens is 1. The number of carbonyl (C=O) groups excluding carboxylic acids is 1. The Hall–Kier alpha value is -5.07. The number of anilines is 3. The number of hydrogen-bond donors (Lipinski definition) is 2. The summed E-state index contributed by atoms with van der Waals surface area (Å²) in [6, 6.07) is 14.1. The van der Waals surface area contributed by atoms with Gasteiger partial charge in [0.05, 0.1) is 59.1 Å². The zero-order valence-corrected chi connectivity index (χ0v) is 24.2. The molecule has 0 spiro atoms. The summed E-state index contributed by atoms with van der Waals surface area (Å²) in [6.07, 6.45) is 4.84. The Labute approximate surface area is 251 Å². The Morgan fingerprint density at radius 1 is 1.02 bits per heavy atom. The van der Waals surface area contributed by atoms with Gasteiger partial charge in [-0.2, -0.15) is 0 Å². The Bertz CT molecular complexity index is 1880. The number of amides is 1. The van der Waals surface area contributed by atoms with Crippen LogP contribution in [0.1, 0.15) is 16.1 Å². The van der Waals surface area contributed by atoms with Crippen molar-refractivity contribution in [2.75, 3.05) is 42.3 Å². The number of nitrogen functional groups attached to an aromatic ring is 1. The van der Waals surface area contributed by atoms with Gasteiger partial charge in [0.1, 0.15) is 17.1 Å². The molecule has 0 bridgehead atoms. The van der Waals surface area contributed by atoms with Crippen molar-refractivity contribution in [2.45, 2.75) is 6.92 Å². The van der Waals surface area contributed by atoms with Crippen molar-refractivity contribution in [1.82, 2.24) is 29.3 Å². The topological polar surface area (TPSA) is 146 Å². The zero-order chi connectivity index (χ0) is 30.1. The van der Waals surface area contributed by atoms with E-state index < -0.39 is 11.5 Å². The Balaban J connectivity index is 1.24. The average Bonchev–Trinajstić information content (AvgIpc) is 3.25. The third-order valence-corrected chi connectivity index (χ3v) is 7.62. The molecule has 3 N–H and O–H groups in total.